The Hall–Kier alpha value is -0.350. The van der Waals surface area contributed by atoms with Crippen LogP contribution in [0.4, 0.5) is 0 Å². The maximum Gasteiger partial charge on any atom is 0.305 e. The first-order chi connectivity index (χ1) is 11.0. The third-order valence-corrected chi connectivity index (χ3v) is 4.37. The lowest BCUT2D eigenvalue weighted by atomic mass is 10.1. The highest BCUT2D eigenvalue weighted by Crippen LogP contribution is 2.09. The first-order valence-electron chi connectivity index (χ1n) is 9.60. The molecule has 0 aliphatic carbocycles. The minimum absolute atomic E-state index is 0. The Kier molecular flexibility index (Phi) is 18.8. The molecule has 0 radical (unpaired) electrons. The number of ether oxygens (including phenoxy) is 1. The maximum atomic E-state index is 11.7. The molecule has 3 nitrogen and oxygen atoms in total. The summed E-state index contributed by atoms with van der Waals surface area (Å²) in [5.41, 5.74) is 0. The van der Waals surface area contributed by atoms with Gasteiger partial charge in [-0.3, -0.25) is 4.79 Å². The molecule has 0 aliphatic heterocycles. The molecule has 0 N–H and O–H groups in total. The summed E-state index contributed by atoms with van der Waals surface area (Å²) >= 11 is 0. The molecule has 0 rings (SSSR count). The second-order valence-electron chi connectivity index (χ2n) is 7.26. The van der Waals surface area contributed by atoms with Crippen LogP contribution in [0.2, 0.25) is 0 Å². The molecule has 4 heteroatoms. The molecule has 0 amide bonds. The van der Waals surface area contributed by atoms with Crippen molar-refractivity contribution in [3.63, 3.8) is 0 Å². The summed E-state index contributed by atoms with van der Waals surface area (Å²) < 4.78 is 6.32. The predicted octanol–water partition coefficient (Wildman–Crippen LogP) is 2.11. The maximum absolute atomic E-state index is 11.7. The van der Waals surface area contributed by atoms with Gasteiger partial charge >= 0.3 is 5.97 Å². The Morgan fingerprint density at radius 3 is 2.21 bits per heavy atom. The number of hydrogen-bond acceptors (Lipinski definition) is 2. The molecule has 0 aromatic heterocycles. The van der Waals surface area contributed by atoms with E-state index < -0.39 is 0 Å². The topological polar surface area (TPSA) is 26.3 Å². The van der Waals surface area contributed by atoms with Crippen LogP contribution < -0.4 is 17.0 Å². The summed E-state index contributed by atoms with van der Waals surface area (Å²) in [5.74, 6) is -0.0229. The number of likely N-dealkylation sites (N-methyl/N-ethyl adjacent to an activating group) is 1. The summed E-state index contributed by atoms with van der Waals surface area (Å²) in [6.07, 6.45) is 14.6. The first-order valence-corrected chi connectivity index (χ1v) is 9.60. The molecule has 0 heterocycles. The molecule has 0 aromatic carbocycles. The Bertz CT molecular complexity index is 306. The number of carbonyl (C=O) groups is 1. The van der Waals surface area contributed by atoms with Gasteiger partial charge in [-0.05, 0) is 32.1 Å². The molecule has 0 fully saturated rings. The summed E-state index contributed by atoms with van der Waals surface area (Å²) in [6, 6.07) is 0. The highest BCUT2D eigenvalue weighted by atomic mass is 79.9. The molecule has 0 aliphatic rings. The van der Waals surface area contributed by atoms with Crippen molar-refractivity contribution < 1.29 is 31.0 Å². The van der Waals surface area contributed by atoms with E-state index in [1.807, 2.05) is 6.08 Å². The van der Waals surface area contributed by atoms with Crippen LogP contribution in [0, 0.1) is 0 Å². The Labute approximate surface area is 161 Å². The first kappa shape index (κ1) is 25.9. The van der Waals surface area contributed by atoms with Crippen molar-refractivity contribution >= 4 is 5.97 Å². The monoisotopic (exact) mass is 405 g/mol. The van der Waals surface area contributed by atoms with Gasteiger partial charge in [-0.25, -0.2) is 0 Å². The summed E-state index contributed by atoms with van der Waals surface area (Å²) in [5, 5.41) is 0. The fourth-order valence-electron chi connectivity index (χ4n) is 2.65. The van der Waals surface area contributed by atoms with E-state index in [2.05, 4.69) is 27.6 Å². The number of nitrogens with zero attached hydrogens (tertiary/aromatic N) is 1. The second kappa shape index (κ2) is 17.5. The Balaban J connectivity index is 0. The second-order valence-corrected chi connectivity index (χ2v) is 7.26. The normalized spacial score (nSPS) is 11.0. The third-order valence-electron chi connectivity index (χ3n) is 4.37. The zero-order valence-corrected chi connectivity index (χ0v) is 17.9. The molecular weight excluding hydrogens is 366 g/mol. The van der Waals surface area contributed by atoms with Crippen LogP contribution in [0.3, 0.4) is 0 Å². The van der Waals surface area contributed by atoms with Crippen molar-refractivity contribution in [3.05, 3.63) is 12.7 Å². The SMILES string of the molecule is C=CCCCCCCCCC(=O)OCC[N+](C)(C)CCCCC.[Br-]. The van der Waals surface area contributed by atoms with Crippen molar-refractivity contribution in [3.8, 4) is 0 Å². The highest BCUT2D eigenvalue weighted by molar-refractivity contribution is 5.69. The van der Waals surface area contributed by atoms with Crippen molar-refractivity contribution in [2.45, 2.75) is 77.6 Å². The quantitative estimate of drug-likeness (QED) is 0.170. The number of unbranched alkanes of at least 4 members (excludes halogenated alkanes) is 8. The minimum atomic E-state index is -0.0229. The van der Waals surface area contributed by atoms with Crippen molar-refractivity contribution in [2.24, 2.45) is 0 Å². The van der Waals surface area contributed by atoms with E-state index in [-0.39, 0.29) is 23.0 Å². The lowest BCUT2D eigenvalue weighted by Gasteiger charge is -2.29. The number of rotatable bonds is 16. The molecule has 24 heavy (non-hydrogen) atoms. The summed E-state index contributed by atoms with van der Waals surface area (Å²) in [4.78, 5) is 11.7. The molecule has 0 saturated carbocycles. The van der Waals surface area contributed by atoms with E-state index >= 15 is 0 Å². The van der Waals surface area contributed by atoms with Gasteiger partial charge in [0.1, 0.15) is 13.2 Å². The number of quaternary nitrogens is 1. The van der Waals surface area contributed by atoms with Gasteiger partial charge in [-0.1, -0.05) is 45.1 Å². The van der Waals surface area contributed by atoms with Crippen LogP contribution in [0.1, 0.15) is 77.6 Å². The van der Waals surface area contributed by atoms with Gasteiger partial charge in [-0.15, -0.1) is 6.58 Å². The molecule has 144 valence electrons. The van der Waals surface area contributed by atoms with Crippen LogP contribution in [-0.2, 0) is 9.53 Å². The number of halogens is 1. The van der Waals surface area contributed by atoms with E-state index in [9.17, 15) is 4.79 Å². The fraction of sp³-hybridized carbons (Fsp3) is 0.850. The number of esters is 1. The smallest absolute Gasteiger partial charge is 0.305 e. The van der Waals surface area contributed by atoms with Crippen LogP contribution in [0.15, 0.2) is 12.7 Å². The van der Waals surface area contributed by atoms with Gasteiger partial charge in [0.2, 0.25) is 0 Å². The van der Waals surface area contributed by atoms with Gasteiger partial charge in [0.05, 0.1) is 20.6 Å². The molecule has 0 saturated heterocycles. The van der Waals surface area contributed by atoms with Gasteiger partial charge in [-0.2, -0.15) is 0 Å². The molecule has 0 bridgehead atoms. The standard InChI is InChI=1S/C20H40NO2.BrH/c1-5-7-9-10-11-12-13-14-16-20(22)23-19-18-21(3,4)17-15-8-6-2;/h5H,1,6-19H2,2-4H3;1H/q+1;/p-1. The van der Waals surface area contributed by atoms with Crippen LogP contribution in [-0.4, -0.2) is 44.2 Å². The van der Waals surface area contributed by atoms with E-state index in [0.29, 0.717) is 13.0 Å². The van der Waals surface area contributed by atoms with E-state index in [1.165, 1.54) is 44.9 Å². The molecule has 0 aromatic rings. The van der Waals surface area contributed by atoms with E-state index in [4.69, 9.17) is 4.74 Å². The number of carbonyl (C=O) groups excluding carboxylic acids is 1. The van der Waals surface area contributed by atoms with Gasteiger partial charge in [0.25, 0.3) is 0 Å². The van der Waals surface area contributed by atoms with Crippen LogP contribution in [0.5, 0.6) is 0 Å². The Morgan fingerprint density at radius 1 is 0.958 bits per heavy atom. The average molecular weight is 406 g/mol. The lowest BCUT2D eigenvalue weighted by molar-refractivity contribution is -0.890. The zero-order chi connectivity index (χ0) is 17.4. The number of hydrogen-bond donors (Lipinski definition) is 0. The zero-order valence-electron chi connectivity index (χ0n) is 16.3. The molecule has 0 unspecified atom stereocenters. The largest absolute Gasteiger partial charge is 1.00 e. The van der Waals surface area contributed by atoms with Gasteiger partial charge < -0.3 is 26.2 Å². The predicted molar refractivity (Wildman–Crippen MR) is 99.5 cm³/mol. The van der Waals surface area contributed by atoms with Crippen molar-refractivity contribution in [1.29, 1.82) is 0 Å². The van der Waals surface area contributed by atoms with Crippen molar-refractivity contribution in [2.75, 3.05) is 33.8 Å². The van der Waals surface area contributed by atoms with Gasteiger partial charge in [0, 0.05) is 6.42 Å². The fourth-order valence-corrected chi connectivity index (χ4v) is 2.65. The Morgan fingerprint density at radius 2 is 1.58 bits per heavy atom. The van der Waals surface area contributed by atoms with Crippen LogP contribution in [0.25, 0.3) is 0 Å². The third kappa shape index (κ3) is 18.0. The minimum Gasteiger partial charge on any atom is -1.00 e. The molecule has 0 atom stereocenters. The van der Waals surface area contributed by atoms with Crippen molar-refractivity contribution in [1.82, 2.24) is 0 Å². The number of allylic oxidation sites excluding steroid dienone is 1. The van der Waals surface area contributed by atoms with Gasteiger partial charge in [0.15, 0.2) is 0 Å². The van der Waals surface area contributed by atoms with E-state index in [0.717, 1.165) is 36.8 Å². The summed E-state index contributed by atoms with van der Waals surface area (Å²) in [7, 11) is 4.44. The highest BCUT2D eigenvalue weighted by Gasteiger charge is 2.15. The summed E-state index contributed by atoms with van der Waals surface area (Å²) in [6.45, 7) is 8.59. The average Bonchev–Trinajstić information content (AvgIpc) is 2.50. The molecule has 0 spiro atoms. The molecular formula is C20H40BrNO2. The lowest BCUT2D eigenvalue weighted by Crippen LogP contribution is -3.00. The van der Waals surface area contributed by atoms with E-state index in [1.54, 1.807) is 0 Å². The van der Waals surface area contributed by atoms with Crippen LogP contribution >= 0.6 is 0 Å².